The Labute approximate surface area is 120 Å². The van der Waals surface area contributed by atoms with Gasteiger partial charge in [0.2, 0.25) is 0 Å². The smallest absolute Gasteiger partial charge is 0.254 e. The van der Waals surface area contributed by atoms with Gasteiger partial charge in [-0.3, -0.25) is 4.79 Å². The fraction of sp³-hybridized carbons (Fsp3) is 0.533. The number of hydrogen-bond acceptors (Lipinski definition) is 4. The van der Waals surface area contributed by atoms with Crippen molar-refractivity contribution in [2.24, 2.45) is 0 Å². The molecule has 1 aliphatic heterocycles. The minimum atomic E-state index is 0.0849. The van der Waals surface area contributed by atoms with Crippen LogP contribution in [0.4, 0.5) is 5.69 Å². The van der Waals surface area contributed by atoms with E-state index >= 15 is 0 Å². The molecule has 0 aromatic heterocycles. The molecule has 5 nitrogen and oxygen atoms in total. The number of amides is 1. The van der Waals surface area contributed by atoms with Crippen LogP contribution >= 0.6 is 0 Å². The topological polar surface area (TPSA) is 36.0 Å². The zero-order chi connectivity index (χ0) is 14.7. The van der Waals surface area contributed by atoms with Gasteiger partial charge in [-0.05, 0) is 25.2 Å². The maximum absolute atomic E-state index is 12.5. The van der Waals surface area contributed by atoms with Crippen LogP contribution in [0.5, 0.6) is 5.75 Å². The number of nitrogens with zero attached hydrogens (tertiary/aromatic N) is 3. The van der Waals surface area contributed by atoms with Crippen LogP contribution in [0.2, 0.25) is 0 Å². The van der Waals surface area contributed by atoms with Gasteiger partial charge in [-0.15, -0.1) is 0 Å². The van der Waals surface area contributed by atoms with Gasteiger partial charge in [0, 0.05) is 45.8 Å². The number of benzene rings is 1. The van der Waals surface area contributed by atoms with E-state index in [-0.39, 0.29) is 5.91 Å². The largest absolute Gasteiger partial charge is 0.495 e. The van der Waals surface area contributed by atoms with Crippen LogP contribution in [0.3, 0.4) is 0 Å². The van der Waals surface area contributed by atoms with E-state index in [9.17, 15) is 4.79 Å². The fourth-order valence-electron chi connectivity index (χ4n) is 2.37. The summed E-state index contributed by atoms with van der Waals surface area (Å²) < 4.78 is 5.38. The quantitative estimate of drug-likeness (QED) is 0.830. The summed E-state index contributed by atoms with van der Waals surface area (Å²) in [5.41, 5.74) is 1.67. The first-order chi connectivity index (χ1) is 9.52. The molecule has 0 atom stereocenters. The summed E-state index contributed by atoms with van der Waals surface area (Å²) in [7, 11) is 7.63. The summed E-state index contributed by atoms with van der Waals surface area (Å²) in [6.45, 7) is 3.43. The first-order valence-corrected chi connectivity index (χ1v) is 6.86. The van der Waals surface area contributed by atoms with Gasteiger partial charge < -0.3 is 19.4 Å². The second-order valence-electron chi connectivity index (χ2n) is 5.38. The summed E-state index contributed by atoms with van der Waals surface area (Å²) in [4.78, 5) is 18.6. The molecule has 1 fully saturated rings. The maximum atomic E-state index is 12.5. The van der Waals surface area contributed by atoms with E-state index in [1.807, 2.05) is 42.1 Å². The molecule has 1 aromatic carbocycles. The average Bonchev–Trinajstić information content (AvgIpc) is 2.46. The van der Waals surface area contributed by atoms with Gasteiger partial charge >= 0.3 is 0 Å². The molecular formula is C15H23N3O2. The van der Waals surface area contributed by atoms with Crippen LogP contribution in [0.1, 0.15) is 10.4 Å². The highest BCUT2D eigenvalue weighted by molar-refractivity contribution is 5.95. The number of methoxy groups -OCH3 is 1. The van der Waals surface area contributed by atoms with Gasteiger partial charge in [-0.1, -0.05) is 0 Å². The third-order valence-electron chi connectivity index (χ3n) is 3.70. The van der Waals surface area contributed by atoms with Crippen LogP contribution in [-0.2, 0) is 0 Å². The van der Waals surface area contributed by atoms with E-state index < -0.39 is 0 Å². The molecule has 0 bridgehead atoms. The Morgan fingerprint density at radius 3 is 2.40 bits per heavy atom. The molecule has 1 heterocycles. The Hall–Kier alpha value is -1.75. The maximum Gasteiger partial charge on any atom is 0.254 e. The molecule has 0 saturated carbocycles. The van der Waals surface area contributed by atoms with Crippen LogP contribution < -0.4 is 9.64 Å². The number of piperazine rings is 1. The number of carbonyl (C=O) groups excluding carboxylic acids is 1. The number of rotatable bonds is 3. The molecule has 20 heavy (non-hydrogen) atoms. The summed E-state index contributed by atoms with van der Waals surface area (Å²) in [6, 6.07) is 5.64. The van der Waals surface area contributed by atoms with Crippen molar-refractivity contribution in [1.82, 2.24) is 9.80 Å². The van der Waals surface area contributed by atoms with Gasteiger partial charge in [0.1, 0.15) is 5.75 Å². The first-order valence-electron chi connectivity index (χ1n) is 6.86. The van der Waals surface area contributed by atoms with Gasteiger partial charge in [0.15, 0.2) is 0 Å². The Bertz CT molecular complexity index is 480. The number of ether oxygens (including phenoxy) is 1. The van der Waals surface area contributed by atoms with E-state index in [1.165, 1.54) is 0 Å². The fourth-order valence-corrected chi connectivity index (χ4v) is 2.37. The van der Waals surface area contributed by atoms with E-state index in [0.717, 1.165) is 37.6 Å². The van der Waals surface area contributed by atoms with Crippen molar-refractivity contribution in [2.45, 2.75) is 0 Å². The zero-order valence-electron chi connectivity index (χ0n) is 12.7. The summed E-state index contributed by atoms with van der Waals surface area (Å²) in [5.74, 6) is 0.816. The molecular weight excluding hydrogens is 254 g/mol. The molecule has 1 aliphatic rings. The Kier molecular flexibility index (Phi) is 4.49. The minimum absolute atomic E-state index is 0.0849. The van der Waals surface area contributed by atoms with Crippen LogP contribution in [0.15, 0.2) is 18.2 Å². The lowest BCUT2D eigenvalue weighted by Crippen LogP contribution is -2.47. The summed E-state index contributed by atoms with van der Waals surface area (Å²) in [6.07, 6.45) is 0. The number of anilines is 1. The molecule has 2 rings (SSSR count). The monoisotopic (exact) mass is 277 g/mol. The normalized spacial score (nSPS) is 16.1. The molecule has 0 N–H and O–H groups in total. The number of hydrogen-bond donors (Lipinski definition) is 0. The summed E-state index contributed by atoms with van der Waals surface area (Å²) >= 11 is 0. The lowest BCUT2D eigenvalue weighted by molar-refractivity contribution is 0.0664. The highest BCUT2D eigenvalue weighted by atomic mass is 16.5. The van der Waals surface area contributed by atoms with Gasteiger partial charge in [-0.25, -0.2) is 0 Å². The molecule has 0 spiro atoms. The first kappa shape index (κ1) is 14.7. The Morgan fingerprint density at radius 2 is 1.85 bits per heavy atom. The lowest BCUT2D eigenvalue weighted by atomic mass is 10.1. The third kappa shape index (κ3) is 3.04. The standard InChI is InChI=1S/C15H23N3O2/c1-16(2)13-6-5-12(11-14(13)20-4)15(19)18-9-7-17(3)8-10-18/h5-6,11H,7-10H2,1-4H3. The molecule has 1 amide bonds. The van der Waals surface area contributed by atoms with Gasteiger partial charge in [0.05, 0.1) is 12.8 Å². The van der Waals surface area contributed by atoms with Crippen molar-refractivity contribution in [3.05, 3.63) is 23.8 Å². The van der Waals surface area contributed by atoms with Crippen molar-refractivity contribution in [2.75, 3.05) is 59.3 Å². The van der Waals surface area contributed by atoms with Crippen molar-refractivity contribution in [1.29, 1.82) is 0 Å². The van der Waals surface area contributed by atoms with Crippen molar-refractivity contribution < 1.29 is 9.53 Å². The van der Waals surface area contributed by atoms with E-state index in [4.69, 9.17) is 4.74 Å². The molecule has 5 heteroatoms. The minimum Gasteiger partial charge on any atom is -0.495 e. The third-order valence-corrected chi connectivity index (χ3v) is 3.70. The zero-order valence-corrected chi connectivity index (χ0v) is 12.7. The van der Waals surface area contributed by atoms with Crippen LogP contribution in [0.25, 0.3) is 0 Å². The van der Waals surface area contributed by atoms with Crippen LogP contribution in [-0.4, -0.2) is 70.1 Å². The molecule has 110 valence electrons. The molecule has 0 unspecified atom stereocenters. The number of likely N-dealkylation sites (N-methyl/N-ethyl adjacent to an activating group) is 1. The SMILES string of the molecule is COc1cc(C(=O)N2CCN(C)CC2)ccc1N(C)C. The number of carbonyl (C=O) groups is 1. The van der Waals surface area contributed by atoms with Gasteiger partial charge in [-0.2, -0.15) is 0 Å². The van der Waals surface area contributed by atoms with E-state index in [1.54, 1.807) is 7.11 Å². The van der Waals surface area contributed by atoms with E-state index in [0.29, 0.717) is 5.56 Å². The highest BCUT2D eigenvalue weighted by Gasteiger charge is 2.21. The Balaban J connectivity index is 2.18. The lowest BCUT2D eigenvalue weighted by Gasteiger charge is -2.32. The molecule has 0 aliphatic carbocycles. The molecule has 1 saturated heterocycles. The van der Waals surface area contributed by atoms with Gasteiger partial charge in [0.25, 0.3) is 5.91 Å². The van der Waals surface area contributed by atoms with E-state index in [2.05, 4.69) is 11.9 Å². The summed E-state index contributed by atoms with van der Waals surface area (Å²) in [5, 5.41) is 0. The van der Waals surface area contributed by atoms with Crippen molar-refractivity contribution in [3.8, 4) is 5.75 Å². The molecule has 1 aromatic rings. The second-order valence-corrected chi connectivity index (χ2v) is 5.38. The predicted molar refractivity (Wildman–Crippen MR) is 80.7 cm³/mol. The van der Waals surface area contributed by atoms with Crippen molar-refractivity contribution >= 4 is 11.6 Å². The average molecular weight is 277 g/mol. The predicted octanol–water partition coefficient (Wildman–Crippen LogP) is 1.15. The van der Waals surface area contributed by atoms with Crippen LogP contribution in [0, 0.1) is 0 Å². The highest BCUT2D eigenvalue weighted by Crippen LogP contribution is 2.28. The van der Waals surface area contributed by atoms with Crippen molar-refractivity contribution in [3.63, 3.8) is 0 Å². The molecule has 0 radical (unpaired) electrons. The second kappa shape index (κ2) is 6.13. The Morgan fingerprint density at radius 1 is 1.20 bits per heavy atom.